The molecule has 0 aromatic carbocycles. The van der Waals surface area contributed by atoms with Crippen molar-refractivity contribution in [1.29, 1.82) is 0 Å². The van der Waals surface area contributed by atoms with E-state index in [0.717, 1.165) is 13.2 Å². The van der Waals surface area contributed by atoms with E-state index >= 15 is 0 Å². The number of unbranched alkanes of at least 4 members (excludes halogenated alkanes) is 1. The smallest absolute Gasteiger partial charge is 0.102 e. The van der Waals surface area contributed by atoms with Crippen LogP contribution in [0.15, 0.2) is 0 Å². The highest BCUT2D eigenvalue weighted by Crippen LogP contribution is 2.59. The van der Waals surface area contributed by atoms with Crippen LogP contribution >= 0.6 is 7.92 Å². The van der Waals surface area contributed by atoms with Crippen LogP contribution in [-0.2, 0) is 4.74 Å². The molecule has 1 aliphatic rings. The molecule has 0 aromatic rings. The van der Waals surface area contributed by atoms with Gasteiger partial charge in [0.15, 0.2) is 0 Å². The van der Waals surface area contributed by atoms with Crippen LogP contribution in [0.2, 0.25) is 0 Å². The number of hydrogen-bond acceptors (Lipinski definition) is 1. The van der Waals surface area contributed by atoms with E-state index in [4.69, 9.17) is 4.74 Å². The molecule has 2 nitrogen and oxygen atoms in total. The Hall–Kier alpha value is 0.350. The number of ether oxygens (including phenoxy) is 1. The molecule has 0 unspecified atom stereocenters. The summed E-state index contributed by atoms with van der Waals surface area (Å²) in [6, 6.07) is 0. The summed E-state index contributed by atoms with van der Waals surface area (Å²) in [6.07, 6.45) is 4.20. The van der Waals surface area contributed by atoms with Gasteiger partial charge in [0, 0.05) is 0 Å². The van der Waals surface area contributed by atoms with Gasteiger partial charge < -0.3 is 9.22 Å². The van der Waals surface area contributed by atoms with Gasteiger partial charge in [-0.25, -0.2) is 0 Å². The topological polar surface area (TPSA) is 9.23 Å². The van der Waals surface area contributed by atoms with Gasteiger partial charge >= 0.3 is 0 Å². The van der Waals surface area contributed by atoms with Crippen LogP contribution in [0.5, 0.6) is 0 Å². The summed E-state index contributed by atoms with van der Waals surface area (Å²) in [7, 11) is 2.48. The average Bonchev–Trinajstić information content (AvgIpc) is 2.25. The molecule has 1 rings (SSSR count). The van der Waals surface area contributed by atoms with Crippen LogP contribution < -0.4 is 0 Å². The third kappa shape index (κ3) is 6.00. The molecule has 0 spiro atoms. The quantitative estimate of drug-likeness (QED) is 0.417. The second-order valence-electron chi connectivity index (χ2n) is 8.60. The number of rotatable bonds is 5. The van der Waals surface area contributed by atoms with Gasteiger partial charge in [0.1, 0.15) is 13.1 Å². The Bertz CT molecular complexity index is 270. The predicted molar refractivity (Wildman–Crippen MR) is 92.1 cm³/mol. The van der Waals surface area contributed by atoms with Crippen LogP contribution in [0, 0.1) is 0 Å². The van der Waals surface area contributed by atoms with Crippen molar-refractivity contribution in [2.24, 2.45) is 0 Å². The Kier molecular flexibility index (Phi) is 6.51. The molecule has 0 saturated carbocycles. The molecule has 1 heterocycles. The predicted octanol–water partition coefficient (Wildman–Crippen LogP) is 4.32. The zero-order chi connectivity index (χ0) is 15.4. The van der Waals surface area contributed by atoms with E-state index in [1.807, 2.05) is 0 Å². The summed E-state index contributed by atoms with van der Waals surface area (Å²) in [5.74, 6) is 0. The highest BCUT2D eigenvalue weighted by molar-refractivity contribution is 7.60. The third-order valence-corrected chi connectivity index (χ3v) is 8.50. The van der Waals surface area contributed by atoms with Crippen molar-refractivity contribution in [3.63, 3.8) is 0 Å². The highest BCUT2D eigenvalue weighted by atomic mass is 31.1. The lowest BCUT2D eigenvalue weighted by atomic mass is 10.2. The van der Waals surface area contributed by atoms with Crippen LogP contribution in [0.4, 0.5) is 0 Å². The first-order valence-electron chi connectivity index (χ1n) is 8.24. The van der Waals surface area contributed by atoms with E-state index in [1.54, 1.807) is 0 Å². The van der Waals surface area contributed by atoms with Crippen molar-refractivity contribution in [2.75, 3.05) is 46.1 Å². The summed E-state index contributed by atoms with van der Waals surface area (Å²) in [4.78, 5) is 0. The van der Waals surface area contributed by atoms with Gasteiger partial charge in [-0.1, -0.05) is 49.5 Å². The third-order valence-electron chi connectivity index (χ3n) is 4.50. The Balaban J connectivity index is 2.38. The molecule has 0 radical (unpaired) electrons. The Morgan fingerprint density at radius 2 is 1.40 bits per heavy atom. The zero-order valence-electron chi connectivity index (χ0n) is 15.0. The van der Waals surface area contributed by atoms with E-state index in [-0.39, 0.29) is 7.92 Å². The maximum atomic E-state index is 5.49. The second-order valence-corrected chi connectivity index (χ2v) is 12.6. The minimum atomic E-state index is 0.0800. The molecule has 0 N–H and O–H groups in total. The average molecular weight is 302 g/mol. The fraction of sp³-hybridized carbons (Fsp3) is 1.00. The summed E-state index contributed by atoms with van der Waals surface area (Å²) in [5, 5.41) is 0.954. The lowest BCUT2D eigenvalue weighted by Crippen LogP contribution is -2.52. The van der Waals surface area contributed by atoms with Crippen molar-refractivity contribution in [3.8, 4) is 0 Å². The van der Waals surface area contributed by atoms with Gasteiger partial charge in [0.25, 0.3) is 0 Å². The Morgan fingerprint density at radius 3 is 1.85 bits per heavy atom. The minimum Gasteiger partial charge on any atom is -0.370 e. The van der Waals surface area contributed by atoms with Gasteiger partial charge in [0.2, 0.25) is 0 Å². The molecular formula is C17H37NOP+. The van der Waals surface area contributed by atoms with Crippen LogP contribution in [0.3, 0.4) is 0 Å². The molecule has 0 aliphatic carbocycles. The highest BCUT2D eigenvalue weighted by Gasteiger charge is 2.33. The van der Waals surface area contributed by atoms with E-state index in [1.165, 1.54) is 43.1 Å². The first-order valence-corrected chi connectivity index (χ1v) is 9.76. The van der Waals surface area contributed by atoms with Crippen molar-refractivity contribution >= 4 is 7.92 Å². The minimum absolute atomic E-state index is 0.0800. The van der Waals surface area contributed by atoms with Crippen molar-refractivity contribution in [2.45, 2.75) is 64.7 Å². The summed E-state index contributed by atoms with van der Waals surface area (Å²) < 4.78 is 6.71. The summed E-state index contributed by atoms with van der Waals surface area (Å²) in [5.41, 5.74) is 0. The summed E-state index contributed by atoms with van der Waals surface area (Å²) >= 11 is 0. The van der Waals surface area contributed by atoms with Crippen molar-refractivity contribution < 1.29 is 9.22 Å². The molecule has 1 fully saturated rings. The van der Waals surface area contributed by atoms with E-state index < -0.39 is 0 Å². The molecule has 3 heteroatoms. The molecule has 1 saturated heterocycles. The zero-order valence-corrected chi connectivity index (χ0v) is 15.9. The monoisotopic (exact) mass is 302 g/mol. The lowest BCUT2D eigenvalue weighted by molar-refractivity contribution is -0.917. The van der Waals surface area contributed by atoms with E-state index in [2.05, 4.69) is 48.6 Å². The van der Waals surface area contributed by atoms with Gasteiger partial charge in [-0.05, 0) is 29.3 Å². The molecule has 0 bridgehead atoms. The second kappa shape index (κ2) is 7.07. The van der Waals surface area contributed by atoms with Gasteiger partial charge in [0.05, 0.1) is 26.8 Å². The Labute approximate surface area is 128 Å². The van der Waals surface area contributed by atoms with Gasteiger partial charge in [-0.15, -0.1) is 0 Å². The summed E-state index contributed by atoms with van der Waals surface area (Å²) in [6.45, 7) is 20.2. The first kappa shape index (κ1) is 18.4. The standard InChI is InChI=1S/C17H37NOP/c1-16(2,3)20(17(4,5)6)15-9-8-10-18(7)11-13-19-14-12-18/h8-15H2,1-7H3/q+1. The van der Waals surface area contributed by atoms with Gasteiger partial charge in [-0.3, -0.25) is 0 Å². The molecule has 0 atom stereocenters. The number of nitrogens with zero attached hydrogens (tertiary/aromatic N) is 1. The number of likely N-dealkylation sites (N-methyl/N-ethyl adjacent to an activating group) is 1. The number of morpholine rings is 1. The van der Waals surface area contributed by atoms with E-state index in [0.29, 0.717) is 10.3 Å². The molecular weight excluding hydrogens is 265 g/mol. The number of quaternary nitrogens is 1. The maximum absolute atomic E-state index is 5.49. The molecule has 120 valence electrons. The SMILES string of the molecule is CC(C)(C)P(CCCC[N+]1(C)CCOCC1)C(C)(C)C. The van der Waals surface area contributed by atoms with Crippen LogP contribution in [0.25, 0.3) is 0 Å². The molecule has 20 heavy (non-hydrogen) atoms. The molecule has 0 aromatic heterocycles. The molecule has 0 amide bonds. The maximum Gasteiger partial charge on any atom is 0.102 e. The van der Waals surface area contributed by atoms with Crippen LogP contribution in [0.1, 0.15) is 54.4 Å². The Morgan fingerprint density at radius 1 is 0.900 bits per heavy atom. The largest absolute Gasteiger partial charge is 0.370 e. The van der Waals surface area contributed by atoms with Gasteiger partial charge in [-0.2, -0.15) is 0 Å². The first-order chi connectivity index (χ1) is 9.05. The van der Waals surface area contributed by atoms with Crippen molar-refractivity contribution in [3.05, 3.63) is 0 Å². The van der Waals surface area contributed by atoms with Crippen LogP contribution in [-0.4, -0.2) is 60.9 Å². The van der Waals surface area contributed by atoms with Crippen molar-refractivity contribution in [1.82, 2.24) is 0 Å². The number of hydrogen-bond donors (Lipinski definition) is 0. The fourth-order valence-corrected chi connectivity index (χ4v) is 7.34. The normalized spacial score (nSPS) is 20.4. The molecule has 1 aliphatic heterocycles. The van der Waals surface area contributed by atoms with E-state index in [9.17, 15) is 0 Å². The fourth-order valence-electron chi connectivity index (χ4n) is 3.45. The lowest BCUT2D eigenvalue weighted by Gasteiger charge is -2.42.